The fraction of sp³-hybridized carbons (Fsp3) is 0.385. The van der Waals surface area contributed by atoms with E-state index in [1.165, 1.54) is 7.11 Å². The van der Waals surface area contributed by atoms with E-state index >= 15 is 0 Å². The van der Waals surface area contributed by atoms with E-state index in [0.717, 1.165) is 5.57 Å². The molecule has 0 aliphatic heterocycles. The summed E-state index contributed by atoms with van der Waals surface area (Å²) in [6.45, 7) is 7.00. The lowest BCUT2D eigenvalue weighted by Gasteiger charge is -2.08. The normalized spacial score (nSPS) is 9.89. The maximum atomic E-state index is 11.8. The zero-order valence-electron chi connectivity index (χ0n) is 10.7. The molecular formula is C13H18N2O3. The van der Waals surface area contributed by atoms with Gasteiger partial charge in [0.1, 0.15) is 5.56 Å². The number of pyridine rings is 1. The van der Waals surface area contributed by atoms with E-state index in [1.54, 1.807) is 18.3 Å². The van der Waals surface area contributed by atoms with E-state index in [2.05, 4.69) is 16.9 Å². The Balaban J connectivity index is 2.38. The van der Waals surface area contributed by atoms with E-state index < -0.39 is 0 Å². The van der Waals surface area contributed by atoms with Gasteiger partial charge in [0.25, 0.3) is 5.91 Å². The number of methoxy groups -OCH3 is 1. The van der Waals surface area contributed by atoms with Crippen molar-refractivity contribution in [3.8, 4) is 5.88 Å². The standard InChI is InChI=1S/C13H18N2O3/c1-10(2)9-18-8-7-14-12(16)11-5-4-6-15-13(11)17-3/h4-6H,1,7-9H2,2-3H3,(H,14,16). The second-order valence-corrected chi connectivity index (χ2v) is 3.83. The van der Waals surface area contributed by atoms with Crippen LogP contribution in [0.5, 0.6) is 5.88 Å². The van der Waals surface area contributed by atoms with Gasteiger partial charge in [0.15, 0.2) is 0 Å². The van der Waals surface area contributed by atoms with Crippen LogP contribution < -0.4 is 10.1 Å². The summed E-state index contributed by atoms with van der Waals surface area (Å²) < 4.78 is 10.3. The Labute approximate surface area is 107 Å². The first-order valence-corrected chi connectivity index (χ1v) is 5.64. The van der Waals surface area contributed by atoms with Crippen molar-refractivity contribution >= 4 is 5.91 Å². The van der Waals surface area contributed by atoms with Crippen molar-refractivity contribution in [2.24, 2.45) is 0 Å². The predicted molar refractivity (Wildman–Crippen MR) is 68.8 cm³/mol. The first kappa shape index (κ1) is 14.2. The molecule has 0 atom stereocenters. The summed E-state index contributed by atoms with van der Waals surface area (Å²) in [7, 11) is 1.48. The van der Waals surface area contributed by atoms with Crippen molar-refractivity contribution < 1.29 is 14.3 Å². The second kappa shape index (κ2) is 7.45. The second-order valence-electron chi connectivity index (χ2n) is 3.83. The average Bonchev–Trinajstić information content (AvgIpc) is 2.37. The molecule has 1 aromatic heterocycles. The van der Waals surface area contributed by atoms with Gasteiger partial charge in [-0.3, -0.25) is 4.79 Å². The van der Waals surface area contributed by atoms with Gasteiger partial charge in [0.05, 0.1) is 20.3 Å². The number of amides is 1. The number of rotatable bonds is 7. The molecule has 18 heavy (non-hydrogen) atoms. The maximum Gasteiger partial charge on any atom is 0.256 e. The third-order valence-electron chi connectivity index (χ3n) is 2.09. The molecule has 1 aromatic rings. The number of aromatic nitrogens is 1. The van der Waals surface area contributed by atoms with Gasteiger partial charge in [-0.05, 0) is 19.1 Å². The van der Waals surface area contributed by atoms with Gasteiger partial charge in [-0.2, -0.15) is 0 Å². The molecule has 0 saturated heterocycles. The van der Waals surface area contributed by atoms with Crippen molar-refractivity contribution in [2.45, 2.75) is 6.92 Å². The molecule has 5 heteroatoms. The molecule has 5 nitrogen and oxygen atoms in total. The Morgan fingerprint density at radius 2 is 2.33 bits per heavy atom. The lowest BCUT2D eigenvalue weighted by molar-refractivity contribution is 0.0923. The smallest absolute Gasteiger partial charge is 0.256 e. The zero-order chi connectivity index (χ0) is 13.4. The van der Waals surface area contributed by atoms with Gasteiger partial charge in [0.2, 0.25) is 5.88 Å². The topological polar surface area (TPSA) is 60.5 Å². The van der Waals surface area contributed by atoms with Crippen LogP contribution in [0.4, 0.5) is 0 Å². The number of nitrogens with zero attached hydrogens (tertiary/aromatic N) is 1. The van der Waals surface area contributed by atoms with Crippen molar-refractivity contribution in [2.75, 3.05) is 26.9 Å². The summed E-state index contributed by atoms with van der Waals surface area (Å²) in [6.07, 6.45) is 1.57. The molecule has 0 aliphatic rings. The first-order valence-electron chi connectivity index (χ1n) is 5.64. The highest BCUT2D eigenvalue weighted by Crippen LogP contribution is 2.12. The molecular weight excluding hydrogens is 232 g/mol. The average molecular weight is 250 g/mol. The summed E-state index contributed by atoms with van der Waals surface area (Å²) >= 11 is 0. The van der Waals surface area contributed by atoms with E-state index in [4.69, 9.17) is 9.47 Å². The van der Waals surface area contributed by atoms with Crippen LogP contribution in [0.25, 0.3) is 0 Å². The zero-order valence-corrected chi connectivity index (χ0v) is 10.7. The Kier molecular flexibility index (Phi) is 5.87. The largest absolute Gasteiger partial charge is 0.480 e. The van der Waals surface area contributed by atoms with Crippen LogP contribution in [0.3, 0.4) is 0 Å². The molecule has 0 radical (unpaired) electrons. The predicted octanol–water partition coefficient (Wildman–Crippen LogP) is 1.41. The summed E-state index contributed by atoms with van der Waals surface area (Å²) in [5, 5.41) is 2.73. The van der Waals surface area contributed by atoms with Crippen molar-refractivity contribution in [3.63, 3.8) is 0 Å². The van der Waals surface area contributed by atoms with E-state index in [0.29, 0.717) is 31.2 Å². The van der Waals surface area contributed by atoms with Gasteiger partial charge in [-0.15, -0.1) is 0 Å². The molecule has 1 N–H and O–H groups in total. The van der Waals surface area contributed by atoms with Crippen LogP contribution in [0.15, 0.2) is 30.5 Å². The Hall–Kier alpha value is -1.88. The first-order chi connectivity index (χ1) is 8.65. The molecule has 0 fully saturated rings. The van der Waals surface area contributed by atoms with Crippen molar-refractivity contribution in [1.29, 1.82) is 0 Å². The number of ether oxygens (including phenoxy) is 2. The Morgan fingerprint density at radius 3 is 3.00 bits per heavy atom. The number of carbonyl (C=O) groups excluding carboxylic acids is 1. The Bertz CT molecular complexity index is 418. The summed E-state index contributed by atoms with van der Waals surface area (Å²) in [5.74, 6) is 0.0942. The minimum Gasteiger partial charge on any atom is -0.480 e. The fourth-order valence-electron chi connectivity index (χ4n) is 1.30. The van der Waals surface area contributed by atoms with Gasteiger partial charge in [-0.1, -0.05) is 12.2 Å². The van der Waals surface area contributed by atoms with Gasteiger partial charge in [0, 0.05) is 12.7 Å². The monoisotopic (exact) mass is 250 g/mol. The number of hydrogen-bond acceptors (Lipinski definition) is 4. The lowest BCUT2D eigenvalue weighted by atomic mass is 10.2. The molecule has 0 bridgehead atoms. The lowest BCUT2D eigenvalue weighted by Crippen LogP contribution is -2.27. The molecule has 1 heterocycles. The van der Waals surface area contributed by atoms with Gasteiger partial charge >= 0.3 is 0 Å². The third-order valence-corrected chi connectivity index (χ3v) is 2.09. The van der Waals surface area contributed by atoms with Crippen LogP contribution in [-0.4, -0.2) is 37.8 Å². The molecule has 1 amide bonds. The quantitative estimate of drug-likeness (QED) is 0.587. The number of hydrogen-bond donors (Lipinski definition) is 1. The van der Waals surface area contributed by atoms with Crippen LogP contribution in [0.2, 0.25) is 0 Å². The molecule has 0 spiro atoms. The molecule has 0 aromatic carbocycles. The van der Waals surface area contributed by atoms with Crippen molar-refractivity contribution in [3.05, 3.63) is 36.0 Å². The van der Waals surface area contributed by atoms with E-state index in [-0.39, 0.29) is 5.91 Å². The van der Waals surface area contributed by atoms with E-state index in [1.807, 2.05) is 6.92 Å². The highest BCUT2D eigenvalue weighted by Gasteiger charge is 2.11. The highest BCUT2D eigenvalue weighted by molar-refractivity contribution is 5.96. The maximum absolute atomic E-state index is 11.8. The SMILES string of the molecule is C=C(C)COCCNC(=O)c1cccnc1OC. The minimum absolute atomic E-state index is 0.223. The van der Waals surface area contributed by atoms with Crippen LogP contribution in [0.1, 0.15) is 17.3 Å². The molecule has 98 valence electrons. The number of carbonyl (C=O) groups is 1. The summed E-state index contributed by atoms with van der Waals surface area (Å²) in [6, 6.07) is 3.35. The van der Waals surface area contributed by atoms with Gasteiger partial charge < -0.3 is 14.8 Å². The molecule has 1 rings (SSSR count). The number of nitrogens with one attached hydrogen (secondary N) is 1. The van der Waals surface area contributed by atoms with Crippen LogP contribution >= 0.6 is 0 Å². The van der Waals surface area contributed by atoms with Crippen LogP contribution in [-0.2, 0) is 4.74 Å². The third kappa shape index (κ3) is 4.55. The molecule has 0 aliphatic carbocycles. The van der Waals surface area contributed by atoms with Crippen molar-refractivity contribution in [1.82, 2.24) is 10.3 Å². The van der Waals surface area contributed by atoms with Crippen LogP contribution in [0, 0.1) is 0 Å². The minimum atomic E-state index is -0.223. The molecule has 0 saturated carbocycles. The highest BCUT2D eigenvalue weighted by atomic mass is 16.5. The Morgan fingerprint density at radius 1 is 1.56 bits per heavy atom. The fourth-order valence-corrected chi connectivity index (χ4v) is 1.30. The van der Waals surface area contributed by atoms with E-state index in [9.17, 15) is 4.79 Å². The van der Waals surface area contributed by atoms with Gasteiger partial charge in [-0.25, -0.2) is 4.98 Å². The summed E-state index contributed by atoms with van der Waals surface area (Å²) in [4.78, 5) is 15.8. The summed E-state index contributed by atoms with van der Waals surface area (Å²) in [5.41, 5.74) is 1.37. The molecule has 0 unspecified atom stereocenters.